The minimum atomic E-state index is -0.978. The number of thiophene rings is 1. The van der Waals surface area contributed by atoms with Gasteiger partial charge in [0, 0.05) is 12.8 Å². The third-order valence-corrected chi connectivity index (χ3v) is 4.27. The van der Waals surface area contributed by atoms with Crippen molar-refractivity contribution in [1.82, 2.24) is 14.8 Å². The highest BCUT2D eigenvalue weighted by Crippen LogP contribution is 2.24. The van der Waals surface area contributed by atoms with Crippen molar-refractivity contribution < 1.29 is 9.90 Å². The number of aryl methyl sites for hydroxylation is 1. The Kier molecular flexibility index (Phi) is 3.86. The molecule has 9 heteroatoms. The SMILES string of the molecule is Cn1[nH]c(=O)c(=O)nc1SCc1ccsc1C(=O)O. The van der Waals surface area contributed by atoms with Crippen molar-refractivity contribution in [2.75, 3.05) is 0 Å². The lowest BCUT2D eigenvalue weighted by molar-refractivity contribution is 0.0701. The molecule has 0 amide bonds. The second-order valence-electron chi connectivity index (χ2n) is 3.57. The van der Waals surface area contributed by atoms with Gasteiger partial charge in [-0.05, 0) is 17.0 Å². The van der Waals surface area contributed by atoms with E-state index in [4.69, 9.17) is 5.11 Å². The maximum atomic E-state index is 11.2. The van der Waals surface area contributed by atoms with Crippen molar-refractivity contribution in [2.45, 2.75) is 10.9 Å². The summed E-state index contributed by atoms with van der Waals surface area (Å²) in [7, 11) is 1.56. The first-order valence-corrected chi connectivity index (χ1v) is 6.95. The number of carboxylic acids is 1. The molecule has 0 aliphatic rings. The average molecular weight is 299 g/mol. The maximum Gasteiger partial charge on any atom is 0.346 e. The minimum absolute atomic E-state index is 0.266. The van der Waals surface area contributed by atoms with E-state index in [2.05, 4.69) is 10.1 Å². The van der Waals surface area contributed by atoms with Crippen molar-refractivity contribution in [2.24, 2.45) is 7.05 Å². The van der Waals surface area contributed by atoms with Crippen molar-refractivity contribution in [3.63, 3.8) is 0 Å². The summed E-state index contributed by atoms with van der Waals surface area (Å²) in [6, 6.07) is 1.71. The normalized spacial score (nSPS) is 10.6. The summed E-state index contributed by atoms with van der Waals surface area (Å²) in [5.41, 5.74) is -0.985. The van der Waals surface area contributed by atoms with Gasteiger partial charge in [0.1, 0.15) is 4.88 Å². The van der Waals surface area contributed by atoms with Gasteiger partial charge < -0.3 is 5.11 Å². The fraction of sp³-hybridized carbons (Fsp3) is 0.200. The Bertz CT molecular complexity index is 731. The summed E-state index contributed by atoms with van der Waals surface area (Å²) < 4.78 is 1.33. The number of aromatic nitrogens is 3. The van der Waals surface area contributed by atoms with E-state index in [1.54, 1.807) is 18.5 Å². The largest absolute Gasteiger partial charge is 0.477 e. The zero-order chi connectivity index (χ0) is 14.0. The van der Waals surface area contributed by atoms with Crippen molar-refractivity contribution in [3.8, 4) is 0 Å². The number of aromatic amines is 1. The number of aromatic carboxylic acids is 1. The van der Waals surface area contributed by atoms with Crippen LogP contribution in [0.1, 0.15) is 15.2 Å². The van der Waals surface area contributed by atoms with E-state index in [1.807, 2.05) is 0 Å². The molecule has 2 heterocycles. The molecule has 0 unspecified atom stereocenters. The first kappa shape index (κ1) is 13.6. The van der Waals surface area contributed by atoms with Crippen LogP contribution in [0.4, 0.5) is 0 Å². The Balaban J connectivity index is 2.21. The molecule has 2 N–H and O–H groups in total. The smallest absolute Gasteiger partial charge is 0.346 e. The van der Waals surface area contributed by atoms with E-state index < -0.39 is 17.1 Å². The van der Waals surface area contributed by atoms with Gasteiger partial charge in [0.25, 0.3) is 0 Å². The highest BCUT2D eigenvalue weighted by molar-refractivity contribution is 7.98. The molecule has 0 aliphatic carbocycles. The fourth-order valence-electron chi connectivity index (χ4n) is 1.37. The van der Waals surface area contributed by atoms with Gasteiger partial charge in [-0.3, -0.25) is 19.4 Å². The summed E-state index contributed by atoms with van der Waals surface area (Å²) >= 11 is 2.33. The summed E-state index contributed by atoms with van der Waals surface area (Å²) in [6.45, 7) is 0. The topological polar surface area (TPSA) is 105 Å². The highest BCUT2D eigenvalue weighted by atomic mass is 32.2. The van der Waals surface area contributed by atoms with Gasteiger partial charge in [0.2, 0.25) is 0 Å². The molecule has 7 nitrogen and oxygen atoms in total. The molecule has 0 saturated heterocycles. The van der Waals surface area contributed by atoms with Gasteiger partial charge in [-0.2, -0.15) is 4.98 Å². The lowest BCUT2D eigenvalue weighted by Gasteiger charge is -2.05. The van der Waals surface area contributed by atoms with E-state index >= 15 is 0 Å². The lowest BCUT2D eigenvalue weighted by Crippen LogP contribution is -2.33. The molecule has 2 aromatic heterocycles. The van der Waals surface area contributed by atoms with Crippen molar-refractivity contribution in [1.29, 1.82) is 0 Å². The van der Waals surface area contributed by atoms with E-state index in [-0.39, 0.29) is 4.88 Å². The van der Waals surface area contributed by atoms with E-state index in [1.165, 1.54) is 16.4 Å². The minimum Gasteiger partial charge on any atom is -0.477 e. The monoisotopic (exact) mass is 299 g/mol. The summed E-state index contributed by atoms with van der Waals surface area (Å²) in [5, 5.41) is 13.3. The Morgan fingerprint density at radius 2 is 2.32 bits per heavy atom. The lowest BCUT2D eigenvalue weighted by atomic mass is 10.3. The summed E-state index contributed by atoms with van der Waals surface area (Å²) in [6.07, 6.45) is 0. The molecule has 2 rings (SSSR count). The number of H-pyrrole nitrogens is 1. The molecule has 0 fully saturated rings. The predicted molar refractivity (Wildman–Crippen MR) is 70.9 cm³/mol. The first-order chi connectivity index (χ1) is 8.99. The Labute approximate surface area is 114 Å². The van der Waals surface area contributed by atoms with Crippen LogP contribution in [-0.2, 0) is 12.8 Å². The first-order valence-electron chi connectivity index (χ1n) is 5.09. The zero-order valence-corrected chi connectivity index (χ0v) is 11.4. The number of nitrogens with zero attached hydrogens (tertiary/aromatic N) is 2. The number of rotatable bonds is 4. The third kappa shape index (κ3) is 2.93. The van der Waals surface area contributed by atoms with Crippen LogP contribution in [0.25, 0.3) is 0 Å². The van der Waals surface area contributed by atoms with Crippen LogP contribution in [0.3, 0.4) is 0 Å². The molecular weight excluding hydrogens is 290 g/mol. The van der Waals surface area contributed by atoms with Crippen molar-refractivity contribution >= 4 is 29.1 Å². The number of nitrogens with one attached hydrogen (secondary N) is 1. The van der Waals surface area contributed by atoms with E-state index in [9.17, 15) is 14.4 Å². The van der Waals surface area contributed by atoms with E-state index in [0.717, 1.165) is 11.3 Å². The van der Waals surface area contributed by atoms with Crippen LogP contribution in [0.2, 0.25) is 0 Å². The van der Waals surface area contributed by atoms with Gasteiger partial charge in [-0.15, -0.1) is 11.3 Å². The van der Waals surface area contributed by atoms with Crippen LogP contribution in [-0.4, -0.2) is 25.8 Å². The van der Waals surface area contributed by atoms with Crippen LogP contribution >= 0.6 is 23.1 Å². The molecule has 0 bridgehead atoms. The predicted octanol–water partition coefficient (Wildman–Crippen LogP) is 0.521. The summed E-state index contributed by atoms with van der Waals surface area (Å²) in [5.74, 6) is -0.619. The van der Waals surface area contributed by atoms with Gasteiger partial charge >= 0.3 is 17.1 Å². The Morgan fingerprint density at radius 3 is 3.00 bits per heavy atom. The van der Waals surface area contributed by atoms with Crippen LogP contribution in [0, 0.1) is 0 Å². The standard InChI is InChI=1S/C10H9N3O4S2/c1-13-10(11-7(14)8(15)12-13)19-4-5-2-3-18-6(5)9(16)17/h2-3H,4H2,1H3,(H,12,15)(H,16,17). The molecule has 0 atom stereocenters. The second-order valence-corrected chi connectivity index (χ2v) is 5.43. The number of thioether (sulfide) groups is 1. The van der Waals surface area contributed by atoms with Gasteiger partial charge in [0.15, 0.2) is 5.16 Å². The number of carboxylic acid groups (broad SMARTS) is 1. The fourth-order valence-corrected chi connectivity index (χ4v) is 3.13. The molecular formula is C10H9N3O4S2. The maximum absolute atomic E-state index is 11.2. The molecule has 0 saturated carbocycles. The Hall–Kier alpha value is -1.87. The molecule has 0 aliphatic heterocycles. The van der Waals surface area contributed by atoms with Crippen LogP contribution in [0.15, 0.2) is 26.2 Å². The van der Waals surface area contributed by atoms with Gasteiger partial charge in [-0.25, -0.2) is 4.79 Å². The van der Waals surface area contributed by atoms with Gasteiger partial charge in [-0.1, -0.05) is 11.8 Å². The molecule has 100 valence electrons. The molecule has 19 heavy (non-hydrogen) atoms. The highest BCUT2D eigenvalue weighted by Gasteiger charge is 2.13. The Morgan fingerprint density at radius 1 is 1.58 bits per heavy atom. The molecule has 0 spiro atoms. The second kappa shape index (κ2) is 5.41. The molecule has 0 radical (unpaired) electrons. The van der Waals surface area contributed by atoms with Crippen molar-refractivity contribution in [3.05, 3.63) is 42.6 Å². The zero-order valence-electron chi connectivity index (χ0n) is 9.74. The molecule has 2 aromatic rings. The average Bonchev–Trinajstić information content (AvgIpc) is 2.80. The third-order valence-electron chi connectivity index (χ3n) is 2.25. The van der Waals surface area contributed by atoms with Gasteiger partial charge in [0.05, 0.1) is 0 Å². The number of hydrogen-bond donors (Lipinski definition) is 2. The van der Waals surface area contributed by atoms with Crippen LogP contribution in [0.5, 0.6) is 0 Å². The van der Waals surface area contributed by atoms with Crippen LogP contribution < -0.4 is 11.1 Å². The quantitative estimate of drug-likeness (QED) is 0.630. The number of carbonyl (C=O) groups is 1. The molecule has 0 aromatic carbocycles. The summed E-state index contributed by atoms with van der Waals surface area (Å²) in [4.78, 5) is 37.0. The number of hydrogen-bond acceptors (Lipinski definition) is 6. The van der Waals surface area contributed by atoms with E-state index in [0.29, 0.717) is 16.5 Å².